The van der Waals surface area contributed by atoms with E-state index in [9.17, 15) is 4.79 Å². The van der Waals surface area contributed by atoms with Crippen LogP contribution in [0.25, 0.3) is 0 Å². The minimum Gasteiger partial charge on any atom is -0.462 e. The fourth-order valence-corrected chi connectivity index (χ4v) is 1.13. The standard InChI is InChI=1S/C9H10Cl2N2O2/c1-5(2)4-15-9(14)6-3-7(10)12-13-8(6)11/h3,5H,4H2,1-2H3. The Bertz CT molecular complexity index is 369. The van der Waals surface area contributed by atoms with Crippen molar-refractivity contribution in [3.63, 3.8) is 0 Å². The molecule has 0 atom stereocenters. The second kappa shape index (κ2) is 5.28. The van der Waals surface area contributed by atoms with Gasteiger partial charge in [0.2, 0.25) is 0 Å². The van der Waals surface area contributed by atoms with Crippen LogP contribution in [0.4, 0.5) is 0 Å². The summed E-state index contributed by atoms with van der Waals surface area (Å²) in [5.74, 6) is -0.275. The van der Waals surface area contributed by atoms with Crippen molar-refractivity contribution in [2.45, 2.75) is 13.8 Å². The lowest BCUT2D eigenvalue weighted by atomic mass is 10.2. The lowest BCUT2D eigenvalue weighted by molar-refractivity contribution is 0.0458. The molecule has 0 amide bonds. The van der Waals surface area contributed by atoms with Gasteiger partial charge >= 0.3 is 5.97 Å². The average Bonchev–Trinajstić information content (AvgIpc) is 2.18. The molecule has 0 unspecified atom stereocenters. The summed E-state index contributed by atoms with van der Waals surface area (Å²) >= 11 is 11.3. The van der Waals surface area contributed by atoms with Crippen LogP contribution >= 0.6 is 23.2 Å². The predicted molar refractivity (Wildman–Crippen MR) is 57.2 cm³/mol. The second-order valence-electron chi connectivity index (χ2n) is 3.36. The lowest BCUT2D eigenvalue weighted by Crippen LogP contribution is -2.11. The minimum absolute atomic E-state index is 0.00634. The number of halogens is 2. The summed E-state index contributed by atoms with van der Waals surface area (Å²) in [5, 5.41) is 7.10. The predicted octanol–water partition coefficient (Wildman–Crippen LogP) is 2.60. The first-order valence-corrected chi connectivity index (χ1v) is 5.12. The molecule has 15 heavy (non-hydrogen) atoms. The van der Waals surface area contributed by atoms with Crippen molar-refractivity contribution in [2.24, 2.45) is 5.92 Å². The summed E-state index contributed by atoms with van der Waals surface area (Å²) in [7, 11) is 0. The van der Waals surface area contributed by atoms with E-state index >= 15 is 0 Å². The van der Waals surface area contributed by atoms with Crippen LogP contribution in [0.1, 0.15) is 24.2 Å². The van der Waals surface area contributed by atoms with Crippen molar-refractivity contribution in [2.75, 3.05) is 6.61 Å². The van der Waals surface area contributed by atoms with Crippen LogP contribution in [0.3, 0.4) is 0 Å². The molecule has 1 heterocycles. The molecular weight excluding hydrogens is 239 g/mol. The first kappa shape index (κ1) is 12.2. The van der Waals surface area contributed by atoms with Crippen molar-refractivity contribution < 1.29 is 9.53 Å². The van der Waals surface area contributed by atoms with Crippen molar-refractivity contribution in [3.05, 3.63) is 21.9 Å². The zero-order valence-corrected chi connectivity index (χ0v) is 9.84. The summed E-state index contributed by atoms with van der Waals surface area (Å²) in [6.45, 7) is 4.20. The maximum absolute atomic E-state index is 11.5. The highest BCUT2D eigenvalue weighted by molar-refractivity contribution is 6.33. The van der Waals surface area contributed by atoms with Crippen molar-refractivity contribution in [1.29, 1.82) is 0 Å². The molecular formula is C9H10Cl2N2O2. The zero-order chi connectivity index (χ0) is 11.4. The third-order valence-electron chi connectivity index (χ3n) is 1.49. The van der Waals surface area contributed by atoms with Gasteiger partial charge in [-0.3, -0.25) is 0 Å². The quantitative estimate of drug-likeness (QED) is 0.772. The van der Waals surface area contributed by atoms with Gasteiger partial charge in [-0.1, -0.05) is 37.0 Å². The number of rotatable bonds is 3. The summed E-state index contributed by atoms with van der Waals surface area (Å²) in [4.78, 5) is 11.5. The van der Waals surface area contributed by atoms with Crippen LogP contribution in [-0.4, -0.2) is 22.8 Å². The van der Waals surface area contributed by atoms with Crippen molar-refractivity contribution >= 4 is 29.2 Å². The maximum atomic E-state index is 11.5. The van der Waals surface area contributed by atoms with Crippen LogP contribution in [-0.2, 0) is 4.74 Å². The molecule has 82 valence electrons. The van der Waals surface area contributed by atoms with Crippen molar-refractivity contribution in [1.82, 2.24) is 10.2 Å². The molecule has 4 nitrogen and oxygen atoms in total. The van der Waals surface area contributed by atoms with Crippen LogP contribution in [0.15, 0.2) is 6.07 Å². The van der Waals surface area contributed by atoms with Gasteiger partial charge in [0, 0.05) is 0 Å². The Morgan fingerprint density at radius 1 is 1.47 bits per heavy atom. The molecule has 0 radical (unpaired) electrons. The Kier molecular flexibility index (Phi) is 4.29. The average molecular weight is 249 g/mol. The zero-order valence-electron chi connectivity index (χ0n) is 8.33. The monoisotopic (exact) mass is 248 g/mol. The SMILES string of the molecule is CC(C)COC(=O)c1cc(Cl)nnc1Cl. The van der Waals surface area contributed by atoms with Crippen LogP contribution < -0.4 is 0 Å². The molecule has 0 spiro atoms. The highest BCUT2D eigenvalue weighted by atomic mass is 35.5. The molecule has 1 aromatic rings. The molecule has 0 saturated heterocycles. The number of hydrogen-bond acceptors (Lipinski definition) is 4. The van der Waals surface area contributed by atoms with Gasteiger partial charge in [0.1, 0.15) is 5.56 Å². The number of esters is 1. The second-order valence-corrected chi connectivity index (χ2v) is 4.11. The number of ether oxygens (including phenoxy) is 1. The Labute approximate surface area is 97.5 Å². The van der Waals surface area contributed by atoms with Gasteiger partial charge < -0.3 is 4.74 Å². The molecule has 6 heteroatoms. The van der Waals surface area contributed by atoms with Crippen LogP contribution in [0, 0.1) is 5.92 Å². The summed E-state index contributed by atoms with van der Waals surface area (Å²) in [6.07, 6.45) is 0. The molecule has 1 aromatic heterocycles. The van der Waals surface area contributed by atoms with Gasteiger partial charge in [0.15, 0.2) is 10.3 Å². The molecule has 0 bridgehead atoms. The van der Waals surface area contributed by atoms with E-state index in [0.717, 1.165) is 0 Å². The van der Waals surface area contributed by atoms with Gasteiger partial charge in [-0.25, -0.2) is 4.79 Å². The molecule has 0 N–H and O–H groups in total. The van der Waals surface area contributed by atoms with Crippen molar-refractivity contribution in [3.8, 4) is 0 Å². The minimum atomic E-state index is -0.537. The molecule has 0 aliphatic rings. The third-order valence-corrected chi connectivity index (χ3v) is 1.95. The molecule has 0 aliphatic heterocycles. The van der Waals surface area contributed by atoms with Gasteiger partial charge in [0.05, 0.1) is 6.61 Å². The summed E-state index contributed by atoms with van der Waals surface area (Å²) in [6, 6.07) is 1.33. The first-order chi connectivity index (χ1) is 7.00. The number of nitrogens with zero attached hydrogens (tertiary/aromatic N) is 2. The van der Waals surface area contributed by atoms with Crippen LogP contribution in [0.2, 0.25) is 10.3 Å². The Morgan fingerprint density at radius 2 is 2.13 bits per heavy atom. The molecule has 0 fully saturated rings. The summed E-state index contributed by atoms with van der Waals surface area (Å²) < 4.78 is 4.98. The van der Waals surface area contributed by atoms with E-state index in [-0.39, 0.29) is 21.8 Å². The normalized spacial score (nSPS) is 10.5. The fourth-order valence-electron chi connectivity index (χ4n) is 0.816. The maximum Gasteiger partial charge on any atom is 0.341 e. The highest BCUT2D eigenvalue weighted by Gasteiger charge is 2.14. The molecule has 0 aliphatic carbocycles. The molecule has 0 saturated carbocycles. The Hall–Kier alpha value is -0.870. The number of carbonyl (C=O) groups excluding carboxylic acids is 1. The highest BCUT2D eigenvalue weighted by Crippen LogP contribution is 2.16. The number of hydrogen-bond donors (Lipinski definition) is 0. The van der Waals surface area contributed by atoms with Crippen LogP contribution in [0.5, 0.6) is 0 Å². The van der Waals surface area contributed by atoms with E-state index in [1.165, 1.54) is 6.07 Å². The Balaban J connectivity index is 2.77. The smallest absolute Gasteiger partial charge is 0.341 e. The number of carbonyl (C=O) groups is 1. The summed E-state index contributed by atoms with van der Waals surface area (Å²) in [5.41, 5.74) is 0.136. The van der Waals surface area contributed by atoms with E-state index < -0.39 is 5.97 Å². The van der Waals surface area contributed by atoms with E-state index in [1.54, 1.807) is 0 Å². The fraction of sp³-hybridized carbons (Fsp3) is 0.444. The van der Waals surface area contributed by atoms with Gasteiger partial charge in [-0.2, -0.15) is 0 Å². The topological polar surface area (TPSA) is 52.1 Å². The van der Waals surface area contributed by atoms with Gasteiger partial charge in [-0.15, -0.1) is 10.2 Å². The molecule has 0 aromatic carbocycles. The van der Waals surface area contributed by atoms with E-state index in [4.69, 9.17) is 27.9 Å². The third kappa shape index (κ3) is 3.64. The number of aromatic nitrogens is 2. The first-order valence-electron chi connectivity index (χ1n) is 4.36. The van der Waals surface area contributed by atoms with Gasteiger partial charge in [-0.05, 0) is 12.0 Å². The largest absolute Gasteiger partial charge is 0.462 e. The molecule has 1 rings (SSSR count). The van der Waals surface area contributed by atoms with E-state index in [1.807, 2.05) is 13.8 Å². The van der Waals surface area contributed by atoms with E-state index in [0.29, 0.717) is 6.61 Å². The Morgan fingerprint density at radius 3 is 2.73 bits per heavy atom. The van der Waals surface area contributed by atoms with E-state index in [2.05, 4.69) is 10.2 Å². The lowest BCUT2D eigenvalue weighted by Gasteiger charge is -2.07. The van der Waals surface area contributed by atoms with Gasteiger partial charge in [0.25, 0.3) is 0 Å².